The van der Waals surface area contributed by atoms with Crippen molar-refractivity contribution in [3.05, 3.63) is 63.6 Å². The van der Waals surface area contributed by atoms with Gasteiger partial charge in [-0.15, -0.1) is 0 Å². The Morgan fingerprint density at radius 2 is 1.90 bits per heavy atom. The van der Waals surface area contributed by atoms with Crippen molar-refractivity contribution < 1.29 is 8.78 Å². The summed E-state index contributed by atoms with van der Waals surface area (Å²) in [5.74, 6) is -1.03. The first-order valence-electron chi connectivity index (χ1n) is 5.88. The topological polar surface area (TPSA) is 38.0 Å². The van der Waals surface area contributed by atoms with E-state index in [1.165, 1.54) is 24.3 Å². The van der Waals surface area contributed by atoms with Gasteiger partial charge >= 0.3 is 0 Å². The molecule has 3 N–H and O–H groups in total. The summed E-state index contributed by atoms with van der Waals surface area (Å²) in [7, 11) is 0. The molecule has 0 heterocycles. The van der Waals surface area contributed by atoms with Crippen LogP contribution in [-0.2, 0) is 0 Å². The Hall–Kier alpha value is -1.36. The minimum absolute atomic E-state index is 0.0139. The van der Waals surface area contributed by atoms with Crippen molar-refractivity contribution >= 4 is 28.9 Å². The summed E-state index contributed by atoms with van der Waals surface area (Å²) in [5.41, 5.74) is 6.39. The van der Waals surface area contributed by atoms with Crippen LogP contribution in [0.15, 0.2) is 36.4 Å². The van der Waals surface area contributed by atoms with Gasteiger partial charge in [-0.1, -0.05) is 35.3 Å². The second-order valence-corrected chi connectivity index (χ2v) is 5.08. The number of anilines is 1. The molecule has 0 amide bonds. The summed E-state index contributed by atoms with van der Waals surface area (Å²) >= 11 is 11.5. The van der Waals surface area contributed by atoms with E-state index in [0.717, 1.165) is 0 Å². The number of rotatable bonds is 4. The molecule has 0 saturated carbocycles. The largest absolute Gasteiger partial charge is 0.377 e. The molecule has 0 aliphatic heterocycles. The number of nitrogens with one attached hydrogen (secondary N) is 1. The van der Waals surface area contributed by atoms with Crippen molar-refractivity contribution in [1.29, 1.82) is 0 Å². The van der Waals surface area contributed by atoms with Gasteiger partial charge < -0.3 is 11.1 Å². The summed E-state index contributed by atoms with van der Waals surface area (Å²) in [6.45, 7) is 0.116. The van der Waals surface area contributed by atoms with Gasteiger partial charge in [0.1, 0.15) is 11.6 Å². The van der Waals surface area contributed by atoms with Gasteiger partial charge in [0.15, 0.2) is 0 Å². The molecular weight excluding hydrogens is 305 g/mol. The zero-order valence-corrected chi connectivity index (χ0v) is 11.8. The molecule has 2 aromatic carbocycles. The molecule has 0 aliphatic carbocycles. The lowest BCUT2D eigenvalue weighted by Gasteiger charge is -2.20. The lowest BCUT2D eigenvalue weighted by molar-refractivity contribution is 0.593. The van der Waals surface area contributed by atoms with Gasteiger partial charge in [0.05, 0.1) is 11.1 Å². The smallest absolute Gasteiger partial charge is 0.147 e. The van der Waals surface area contributed by atoms with Crippen LogP contribution in [-0.4, -0.2) is 6.54 Å². The van der Waals surface area contributed by atoms with E-state index in [-0.39, 0.29) is 16.6 Å². The number of hydrogen-bond acceptors (Lipinski definition) is 2. The Labute approximate surface area is 125 Å². The van der Waals surface area contributed by atoms with Gasteiger partial charge in [0.25, 0.3) is 0 Å². The molecule has 6 heteroatoms. The highest BCUT2D eigenvalue weighted by Crippen LogP contribution is 2.27. The van der Waals surface area contributed by atoms with Crippen LogP contribution in [0.1, 0.15) is 11.6 Å². The number of benzene rings is 2. The van der Waals surface area contributed by atoms with Crippen molar-refractivity contribution in [1.82, 2.24) is 0 Å². The van der Waals surface area contributed by atoms with Crippen molar-refractivity contribution in [3.8, 4) is 0 Å². The molecule has 106 valence electrons. The SMILES string of the molecule is NCC(Nc1cc(F)cc(Cl)c1)c1cccc(Cl)c1F. The first-order chi connectivity index (χ1) is 9.51. The first kappa shape index (κ1) is 15.0. The minimum Gasteiger partial charge on any atom is -0.377 e. The molecule has 0 bridgehead atoms. The third-order valence-corrected chi connectivity index (χ3v) is 3.31. The van der Waals surface area contributed by atoms with Gasteiger partial charge in [0, 0.05) is 22.8 Å². The monoisotopic (exact) mass is 316 g/mol. The summed E-state index contributed by atoms with van der Waals surface area (Å²) in [4.78, 5) is 0. The molecule has 0 spiro atoms. The fourth-order valence-electron chi connectivity index (χ4n) is 1.89. The van der Waals surface area contributed by atoms with E-state index in [1.807, 2.05) is 0 Å². The van der Waals surface area contributed by atoms with Gasteiger partial charge in [-0.25, -0.2) is 8.78 Å². The van der Waals surface area contributed by atoms with Gasteiger partial charge in [-0.3, -0.25) is 0 Å². The maximum Gasteiger partial charge on any atom is 0.147 e. The zero-order chi connectivity index (χ0) is 14.7. The third kappa shape index (κ3) is 3.39. The Kier molecular flexibility index (Phi) is 4.81. The molecule has 0 radical (unpaired) electrons. The average Bonchev–Trinajstić information content (AvgIpc) is 2.38. The highest BCUT2D eigenvalue weighted by molar-refractivity contribution is 6.31. The summed E-state index contributed by atoms with van der Waals surface area (Å²) in [5, 5.41) is 3.21. The van der Waals surface area contributed by atoms with E-state index in [9.17, 15) is 8.78 Å². The molecule has 2 rings (SSSR count). The molecular formula is C14H12Cl2F2N2. The first-order valence-corrected chi connectivity index (χ1v) is 6.63. The van der Waals surface area contributed by atoms with Crippen LogP contribution in [0.3, 0.4) is 0 Å². The van der Waals surface area contributed by atoms with Gasteiger partial charge in [0.2, 0.25) is 0 Å². The maximum absolute atomic E-state index is 14.0. The zero-order valence-electron chi connectivity index (χ0n) is 10.3. The maximum atomic E-state index is 14.0. The fraction of sp³-hybridized carbons (Fsp3) is 0.143. The molecule has 0 saturated heterocycles. The van der Waals surface area contributed by atoms with Crippen LogP contribution < -0.4 is 11.1 Å². The average molecular weight is 317 g/mol. The third-order valence-electron chi connectivity index (χ3n) is 2.80. The minimum atomic E-state index is -0.542. The van der Waals surface area contributed by atoms with Crippen LogP contribution in [0.4, 0.5) is 14.5 Å². The van der Waals surface area contributed by atoms with Crippen LogP contribution in [0.5, 0.6) is 0 Å². The number of nitrogens with two attached hydrogens (primary N) is 1. The van der Waals surface area contributed by atoms with E-state index in [0.29, 0.717) is 11.3 Å². The van der Waals surface area contributed by atoms with Crippen LogP contribution in [0, 0.1) is 11.6 Å². The second kappa shape index (κ2) is 6.39. The molecule has 20 heavy (non-hydrogen) atoms. The lowest BCUT2D eigenvalue weighted by atomic mass is 10.1. The summed E-state index contributed by atoms with van der Waals surface area (Å²) < 4.78 is 27.2. The highest BCUT2D eigenvalue weighted by Gasteiger charge is 2.16. The quantitative estimate of drug-likeness (QED) is 0.878. The molecule has 0 aliphatic rings. The molecule has 1 unspecified atom stereocenters. The van der Waals surface area contributed by atoms with E-state index in [1.54, 1.807) is 12.1 Å². The molecule has 0 fully saturated rings. The summed E-state index contributed by atoms with van der Waals surface area (Å²) in [6, 6.07) is 8.10. The van der Waals surface area contributed by atoms with Crippen molar-refractivity contribution in [2.75, 3.05) is 11.9 Å². The van der Waals surface area contributed by atoms with Crippen molar-refractivity contribution in [3.63, 3.8) is 0 Å². The Morgan fingerprint density at radius 3 is 2.55 bits per heavy atom. The van der Waals surface area contributed by atoms with Crippen LogP contribution in [0.25, 0.3) is 0 Å². The van der Waals surface area contributed by atoms with Gasteiger partial charge in [-0.05, 0) is 24.3 Å². The molecule has 1 atom stereocenters. The van der Waals surface area contributed by atoms with Crippen LogP contribution in [0.2, 0.25) is 10.0 Å². The number of hydrogen-bond donors (Lipinski definition) is 2. The molecule has 2 nitrogen and oxygen atoms in total. The van der Waals surface area contributed by atoms with Gasteiger partial charge in [-0.2, -0.15) is 0 Å². The van der Waals surface area contributed by atoms with Crippen molar-refractivity contribution in [2.45, 2.75) is 6.04 Å². The fourth-order valence-corrected chi connectivity index (χ4v) is 2.30. The van der Waals surface area contributed by atoms with Crippen LogP contribution >= 0.6 is 23.2 Å². The van der Waals surface area contributed by atoms with Crippen molar-refractivity contribution in [2.24, 2.45) is 5.73 Å². The predicted molar refractivity (Wildman–Crippen MR) is 78.2 cm³/mol. The predicted octanol–water partition coefficient (Wildman–Crippen LogP) is 4.38. The standard InChI is InChI=1S/C14H12Cl2F2N2/c15-8-4-9(17)6-10(5-8)20-13(7-19)11-2-1-3-12(16)14(11)18/h1-6,13,20H,7,19H2. The van der Waals surface area contributed by atoms with E-state index >= 15 is 0 Å². The summed E-state index contributed by atoms with van der Waals surface area (Å²) in [6.07, 6.45) is 0. The Bertz CT molecular complexity index is 600. The second-order valence-electron chi connectivity index (χ2n) is 4.23. The normalized spacial score (nSPS) is 12.2. The Balaban J connectivity index is 2.31. The molecule has 2 aromatic rings. The highest BCUT2D eigenvalue weighted by atomic mass is 35.5. The van der Waals surface area contributed by atoms with E-state index < -0.39 is 17.7 Å². The van der Waals surface area contributed by atoms with E-state index in [2.05, 4.69) is 5.32 Å². The lowest BCUT2D eigenvalue weighted by Crippen LogP contribution is -2.21. The molecule has 0 aromatic heterocycles. The van der Waals surface area contributed by atoms with E-state index in [4.69, 9.17) is 28.9 Å². The Morgan fingerprint density at radius 1 is 1.15 bits per heavy atom. The number of halogens is 4.